The summed E-state index contributed by atoms with van der Waals surface area (Å²) in [6, 6.07) is 6.84. The topological polar surface area (TPSA) is 61.4 Å². The van der Waals surface area contributed by atoms with E-state index in [4.69, 9.17) is 5.11 Å². The first-order valence-electron chi connectivity index (χ1n) is 6.06. The SMILES string of the molecule is O=C(NCC[C@H]1CCCN1)c1ccc(O)cc1. The summed E-state index contributed by atoms with van der Waals surface area (Å²) in [7, 11) is 0. The largest absolute Gasteiger partial charge is 0.508 e. The molecule has 0 aliphatic carbocycles. The van der Waals surface area contributed by atoms with Crippen LogP contribution in [0.5, 0.6) is 5.75 Å². The zero-order chi connectivity index (χ0) is 12.1. The number of benzene rings is 1. The van der Waals surface area contributed by atoms with Gasteiger partial charge in [-0.3, -0.25) is 4.79 Å². The summed E-state index contributed by atoms with van der Waals surface area (Å²) in [4.78, 5) is 11.7. The number of carbonyl (C=O) groups excluding carboxylic acids is 1. The predicted octanol–water partition coefficient (Wildman–Crippen LogP) is 1.26. The molecular weight excluding hydrogens is 216 g/mol. The standard InChI is InChI=1S/C13H18N2O2/c16-12-5-3-10(4-6-12)13(17)15-9-7-11-2-1-8-14-11/h3-6,11,14,16H,1-2,7-9H2,(H,15,17)/t11-/m1/s1. The average Bonchev–Trinajstić information content (AvgIpc) is 2.83. The Morgan fingerprint density at radius 2 is 2.18 bits per heavy atom. The molecule has 3 N–H and O–H groups in total. The van der Waals surface area contributed by atoms with Gasteiger partial charge in [0.1, 0.15) is 5.75 Å². The maximum atomic E-state index is 11.7. The third-order valence-electron chi connectivity index (χ3n) is 3.07. The van der Waals surface area contributed by atoms with Crippen molar-refractivity contribution in [2.75, 3.05) is 13.1 Å². The molecule has 0 bridgehead atoms. The molecule has 1 atom stereocenters. The number of rotatable bonds is 4. The van der Waals surface area contributed by atoms with Crippen molar-refractivity contribution in [2.45, 2.75) is 25.3 Å². The minimum Gasteiger partial charge on any atom is -0.508 e. The predicted molar refractivity (Wildman–Crippen MR) is 66.1 cm³/mol. The van der Waals surface area contributed by atoms with E-state index >= 15 is 0 Å². The highest BCUT2D eigenvalue weighted by Crippen LogP contribution is 2.10. The molecule has 17 heavy (non-hydrogen) atoms. The minimum atomic E-state index is -0.0806. The van der Waals surface area contributed by atoms with Crippen molar-refractivity contribution in [3.63, 3.8) is 0 Å². The Kier molecular flexibility index (Phi) is 3.98. The van der Waals surface area contributed by atoms with Crippen LogP contribution in [0.3, 0.4) is 0 Å². The number of carbonyl (C=O) groups is 1. The lowest BCUT2D eigenvalue weighted by Gasteiger charge is -2.10. The van der Waals surface area contributed by atoms with Crippen molar-refractivity contribution in [2.24, 2.45) is 0 Å². The van der Waals surface area contributed by atoms with Crippen molar-refractivity contribution >= 4 is 5.91 Å². The van der Waals surface area contributed by atoms with Gasteiger partial charge in [0.25, 0.3) is 5.91 Å². The van der Waals surface area contributed by atoms with E-state index in [0.717, 1.165) is 13.0 Å². The van der Waals surface area contributed by atoms with E-state index < -0.39 is 0 Å². The molecule has 1 aliphatic rings. The molecule has 4 heteroatoms. The number of phenolic OH excluding ortho intramolecular Hbond substituents is 1. The molecule has 0 saturated carbocycles. The van der Waals surface area contributed by atoms with Crippen LogP contribution in [0.15, 0.2) is 24.3 Å². The quantitative estimate of drug-likeness (QED) is 0.735. The highest BCUT2D eigenvalue weighted by molar-refractivity contribution is 5.94. The fourth-order valence-electron chi connectivity index (χ4n) is 2.08. The van der Waals surface area contributed by atoms with Crippen molar-refractivity contribution in [1.82, 2.24) is 10.6 Å². The summed E-state index contributed by atoms with van der Waals surface area (Å²) < 4.78 is 0. The number of amides is 1. The lowest BCUT2D eigenvalue weighted by atomic mass is 10.1. The van der Waals surface area contributed by atoms with E-state index in [1.165, 1.54) is 25.0 Å². The third-order valence-corrected chi connectivity index (χ3v) is 3.07. The van der Waals surface area contributed by atoms with Crippen LogP contribution in [0.2, 0.25) is 0 Å². The number of nitrogens with one attached hydrogen (secondary N) is 2. The van der Waals surface area contributed by atoms with Crippen LogP contribution >= 0.6 is 0 Å². The first kappa shape index (κ1) is 11.9. The number of aromatic hydroxyl groups is 1. The van der Waals surface area contributed by atoms with Gasteiger partial charge in [-0.2, -0.15) is 0 Å². The van der Waals surface area contributed by atoms with Gasteiger partial charge in [0.15, 0.2) is 0 Å². The van der Waals surface area contributed by atoms with Gasteiger partial charge in [-0.25, -0.2) is 0 Å². The van der Waals surface area contributed by atoms with Gasteiger partial charge in [-0.1, -0.05) is 0 Å². The van der Waals surface area contributed by atoms with Crippen LogP contribution < -0.4 is 10.6 Å². The summed E-state index contributed by atoms with van der Waals surface area (Å²) in [5, 5.41) is 15.4. The van der Waals surface area contributed by atoms with Gasteiger partial charge in [0, 0.05) is 18.2 Å². The Balaban J connectivity index is 1.75. The van der Waals surface area contributed by atoms with Gasteiger partial charge >= 0.3 is 0 Å². The second-order valence-corrected chi connectivity index (χ2v) is 4.38. The molecule has 0 aromatic heterocycles. The summed E-state index contributed by atoms with van der Waals surface area (Å²) in [6.07, 6.45) is 3.41. The summed E-state index contributed by atoms with van der Waals surface area (Å²) >= 11 is 0. The van der Waals surface area contributed by atoms with Crippen molar-refractivity contribution in [3.8, 4) is 5.75 Å². The average molecular weight is 234 g/mol. The maximum absolute atomic E-state index is 11.7. The maximum Gasteiger partial charge on any atom is 0.251 e. The fraction of sp³-hybridized carbons (Fsp3) is 0.462. The highest BCUT2D eigenvalue weighted by Gasteiger charge is 2.13. The molecule has 0 unspecified atom stereocenters. The van der Waals surface area contributed by atoms with Gasteiger partial charge in [-0.15, -0.1) is 0 Å². The summed E-state index contributed by atoms with van der Waals surface area (Å²) in [6.45, 7) is 1.79. The monoisotopic (exact) mass is 234 g/mol. The fourth-order valence-corrected chi connectivity index (χ4v) is 2.08. The summed E-state index contributed by atoms with van der Waals surface area (Å²) in [5.41, 5.74) is 0.585. The normalized spacial score (nSPS) is 19.2. The minimum absolute atomic E-state index is 0.0806. The van der Waals surface area contributed by atoms with E-state index in [2.05, 4.69) is 10.6 Å². The molecule has 0 radical (unpaired) electrons. The molecule has 1 aliphatic heterocycles. The van der Waals surface area contributed by atoms with E-state index in [1.54, 1.807) is 12.1 Å². The molecule has 1 saturated heterocycles. The number of hydrogen-bond acceptors (Lipinski definition) is 3. The zero-order valence-electron chi connectivity index (χ0n) is 9.78. The van der Waals surface area contributed by atoms with Crippen molar-refractivity contribution < 1.29 is 9.90 Å². The van der Waals surface area contributed by atoms with Gasteiger partial charge in [0.05, 0.1) is 0 Å². The van der Waals surface area contributed by atoms with Crippen LogP contribution in [-0.2, 0) is 0 Å². The van der Waals surface area contributed by atoms with Crippen LogP contribution in [-0.4, -0.2) is 30.1 Å². The first-order valence-corrected chi connectivity index (χ1v) is 6.06. The smallest absolute Gasteiger partial charge is 0.251 e. The molecule has 2 rings (SSSR count). The Bertz CT molecular complexity index is 370. The van der Waals surface area contributed by atoms with E-state index in [0.29, 0.717) is 18.2 Å². The second-order valence-electron chi connectivity index (χ2n) is 4.38. The Morgan fingerprint density at radius 3 is 2.82 bits per heavy atom. The van der Waals surface area contributed by atoms with Gasteiger partial charge in [0.2, 0.25) is 0 Å². The molecule has 4 nitrogen and oxygen atoms in total. The lowest BCUT2D eigenvalue weighted by molar-refractivity contribution is 0.0952. The lowest BCUT2D eigenvalue weighted by Crippen LogP contribution is -2.30. The van der Waals surface area contributed by atoms with Crippen LogP contribution in [0.4, 0.5) is 0 Å². The Hall–Kier alpha value is -1.55. The molecule has 1 aromatic carbocycles. The highest BCUT2D eigenvalue weighted by atomic mass is 16.3. The van der Waals surface area contributed by atoms with Gasteiger partial charge in [-0.05, 0) is 50.1 Å². The molecular formula is C13H18N2O2. The van der Waals surface area contributed by atoms with E-state index in [-0.39, 0.29) is 11.7 Å². The Morgan fingerprint density at radius 1 is 1.41 bits per heavy atom. The molecule has 1 aromatic rings. The number of hydrogen-bond donors (Lipinski definition) is 3. The first-order chi connectivity index (χ1) is 8.25. The molecule has 1 fully saturated rings. The molecule has 1 heterocycles. The van der Waals surface area contributed by atoms with Crippen molar-refractivity contribution in [3.05, 3.63) is 29.8 Å². The summed E-state index contributed by atoms with van der Waals surface area (Å²) in [5.74, 6) is 0.0969. The third kappa shape index (κ3) is 3.46. The van der Waals surface area contributed by atoms with Crippen molar-refractivity contribution in [1.29, 1.82) is 0 Å². The zero-order valence-corrected chi connectivity index (χ0v) is 9.78. The molecule has 92 valence electrons. The Labute approximate surface area is 101 Å². The van der Waals surface area contributed by atoms with Crippen LogP contribution in [0.25, 0.3) is 0 Å². The van der Waals surface area contributed by atoms with E-state index in [1.807, 2.05) is 0 Å². The van der Waals surface area contributed by atoms with Gasteiger partial charge < -0.3 is 15.7 Å². The van der Waals surface area contributed by atoms with Crippen LogP contribution in [0.1, 0.15) is 29.6 Å². The van der Waals surface area contributed by atoms with E-state index in [9.17, 15) is 4.79 Å². The second kappa shape index (κ2) is 5.68. The van der Waals surface area contributed by atoms with Crippen LogP contribution in [0, 0.1) is 0 Å². The molecule has 0 spiro atoms. The number of phenols is 1. The molecule has 1 amide bonds.